The van der Waals surface area contributed by atoms with E-state index in [1.807, 2.05) is 24.8 Å². The van der Waals surface area contributed by atoms with E-state index in [1.54, 1.807) is 0 Å². The highest BCUT2D eigenvalue weighted by Crippen LogP contribution is 2.51. The number of hydrogen-bond donors (Lipinski definition) is 0. The van der Waals surface area contributed by atoms with Crippen molar-refractivity contribution in [2.24, 2.45) is 0 Å². The Morgan fingerprint density at radius 2 is 1.00 bits per heavy atom. The van der Waals surface area contributed by atoms with Crippen molar-refractivity contribution < 1.29 is 0 Å². The van der Waals surface area contributed by atoms with E-state index in [0.29, 0.717) is 11.8 Å². The van der Waals surface area contributed by atoms with E-state index in [1.165, 1.54) is 55.7 Å². The molecule has 2 aromatic carbocycles. The van der Waals surface area contributed by atoms with Gasteiger partial charge in [0.25, 0.3) is 0 Å². The molecule has 2 unspecified atom stereocenters. The summed E-state index contributed by atoms with van der Waals surface area (Å²) in [6.45, 7) is 4.56. The number of rotatable bonds is 4. The molecule has 172 valence electrons. The van der Waals surface area contributed by atoms with Crippen molar-refractivity contribution in [3.05, 3.63) is 116 Å². The fourth-order valence-corrected chi connectivity index (χ4v) is 6.77. The van der Waals surface area contributed by atoms with Crippen molar-refractivity contribution in [1.82, 2.24) is 9.97 Å². The molecule has 0 amide bonds. The molecule has 4 aromatic rings. The Hall–Kier alpha value is -2.82. The van der Waals surface area contributed by atoms with Crippen LogP contribution < -0.4 is 0 Å². The monoisotopic (exact) mass is 582 g/mol. The zero-order valence-corrected chi connectivity index (χ0v) is 22.8. The fraction of sp³-hybridized carbons (Fsp3) is 0.161. The summed E-state index contributed by atoms with van der Waals surface area (Å²) < 4.78 is 2.32. The van der Waals surface area contributed by atoms with E-state index < -0.39 is 0 Å². The first-order valence-corrected chi connectivity index (χ1v) is 13.4. The van der Waals surface area contributed by atoms with Gasteiger partial charge in [0.15, 0.2) is 0 Å². The summed E-state index contributed by atoms with van der Waals surface area (Å²) in [6, 6.07) is 17.5. The van der Waals surface area contributed by atoms with Crippen LogP contribution >= 0.6 is 31.9 Å². The highest BCUT2D eigenvalue weighted by atomic mass is 79.9. The lowest BCUT2D eigenvalue weighted by molar-refractivity contribution is 0.642. The fourth-order valence-electron chi connectivity index (χ4n) is 5.59. The lowest BCUT2D eigenvalue weighted by Gasteiger charge is -2.23. The number of fused-ring (bicyclic) bond motifs is 2. The van der Waals surface area contributed by atoms with Crippen molar-refractivity contribution in [2.75, 3.05) is 0 Å². The van der Waals surface area contributed by atoms with Gasteiger partial charge < -0.3 is 0 Å². The van der Waals surface area contributed by atoms with Crippen molar-refractivity contribution >= 4 is 44.0 Å². The second kappa shape index (κ2) is 9.00. The minimum atomic E-state index is 0.380. The number of nitrogens with zero attached hydrogens (tertiary/aromatic N) is 2. The van der Waals surface area contributed by atoms with Crippen molar-refractivity contribution in [1.29, 1.82) is 0 Å². The Bertz CT molecular complexity index is 1390. The standard InChI is InChI=1S/C31H24Br2N2/c1-18-11-28-26(13-22(15-30(28)32)20-3-7-34-8-4-20)24(18)17-25-19(2)12-29-27(25)14-23(16-31(29)33)21-5-9-35-10-6-21/h3-16,24-25H,17H2,1-2H3. The molecule has 2 atom stereocenters. The van der Waals surface area contributed by atoms with Gasteiger partial charge in [-0.25, -0.2) is 0 Å². The molecule has 0 spiro atoms. The van der Waals surface area contributed by atoms with E-state index in [2.05, 4.69) is 116 Å². The predicted octanol–water partition coefficient (Wildman–Crippen LogP) is 9.43. The molecule has 0 N–H and O–H groups in total. The summed E-state index contributed by atoms with van der Waals surface area (Å²) in [5.74, 6) is 0.761. The van der Waals surface area contributed by atoms with Gasteiger partial charge >= 0.3 is 0 Å². The Kier molecular flexibility index (Phi) is 5.82. The third-order valence-corrected chi connectivity index (χ3v) is 8.73. The third kappa shape index (κ3) is 4.03. The molecule has 2 aromatic heterocycles. The number of pyridine rings is 2. The molecule has 2 nitrogen and oxygen atoms in total. The first kappa shape index (κ1) is 22.6. The van der Waals surface area contributed by atoms with Crippen LogP contribution in [0.25, 0.3) is 34.4 Å². The topological polar surface area (TPSA) is 25.8 Å². The quantitative estimate of drug-likeness (QED) is 0.239. The zero-order valence-electron chi connectivity index (χ0n) is 19.6. The van der Waals surface area contributed by atoms with Gasteiger partial charge in [0.05, 0.1) is 0 Å². The van der Waals surface area contributed by atoms with Crippen molar-refractivity contribution in [2.45, 2.75) is 32.1 Å². The van der Waals surface area contributed by atoms with Crippen LogP contribution in [-0.2, 0) is 0 Å². The summed E-state index contributed by atoms with van der Waals surface area (Å²) in [4.78, 5) is 8.38. The molecule has 0 fully saturated rings. The Morgan fingerprint density at radius 3 is 1.40 bits per heavy atom. The number of allylic oxidation sites excluding steroid dienone is 2. The average Bonchev–Trinajstić information content (AvgIpc) is 3.37. The Morgan fingerprint density at radius 1 is 0.600 bits per heavy atom. The van der Waals surface area contributed by atoms with Crippen LogP contribution in [0.4, 0.5) is 0 Å². The molecule has 2 aliphatic rings. The lowest BCUT2D eigenvalue weighted by Crippen LogP contribution is -2.07. The average molecular weight is 584 g/mol. The van der Waals surface area contributed by atoms with Crippen LogP contribution in [-0.4, -0.2) is 9.97 Å². The van der Waals surface area contributed by atoms with Crippen molar-refractivity contribution in [3.8, 4) is 22.3 Å². The molecule has 6 rings (SSSR count). The summed E-state index contributed by atoms with van der Waals surface area (Å²) in [6.07, 6.45) is 13.2. The normalized spacial score (nSPS) is 18.2. The molecule has 0 saturated heterocycles. The minimum absolute atomic E-state index is 0.380. The number of aromatic nitrogens is 2. The molecule has 4 heteroatoms. The molecule has 35 heavy (non-hydrogen) atoms. The minimum Gasteiger partial charge on any atom is -0.265 e. The number of halogens is 2. The van der Waals surface area contributed by atoms with E-state index in [4.69, 9.17) is 0 Å². The SMILES string of the molecule is CC1=Cc2c(Br)cc(-c3ccncc3)cc2C1CC1C(C)=Cc2c(Br)cc(-c3ccncc3)cc21. The summed E-state index contributed by atoms with van der Waals surface area (Å²) in [5, 5.41) is 0. The lowest BCUT2D eigenvalue weighted by atomic mass is 9.81. The highest BCUT2D eigenvalue weighted by molar-refractivity contribution is 9.10. The summed E-state index contributed by atoms with van der Waals surface area (Å²) >= 11 is 7.73. The smallest absolute Gasteiger partial charge is 0.0273 e. The van der Waals surface area contributed by atoms with Gasteiger partial charge in [0, 0.05) is 45.6 Å². The molecule has 2 heterocycles. The van der Waals surface area contributed by atoms with Crippen LogP contribution in [0.1, 0.15) is 54.4 Å². The van der Waals surface area contributed by atoms with E-state index in [9.17, 15) is 0 Å². The maximum atomic E-state index is 4.19. The maximum absolute atomic E-state index is 4.19. The van der Waals surface area contributed by atoms with E-state index >= 15 is 0 Å². The van der Waals surface area contributed by atoms with Crippen LogP contribution in [0.3, 0.4) is 0 Å². The van der Waals surface area contributed by atoms with Gasteiger partial charge in [0.1, 0.15) is 0 Å². The van der Waals surface area contributed by atoms with Gasteiger partial charge in [-0.05, 0) is 113 Å². The second-order valence-electron chi connectivity index (χ2n) is 9.51. The molecule has 2 aliphatic carbocycles. The predicted molar refractivity (Wildman–Crippen MR) is 152 cm³/mol. The van der Waals surface area contributed by atoms with Gasteiger partial charge in [-0.2, -0.15) is 0 Å². The first-order valence-electron chi connectivity index (χ1n) is 11.8. The largest absolute Gasteiger partial charge is 0.265 e. The molecule has 0 aliphatic heterocycles. The van der Waals surface area contributed by atoms with Crippen LogP contribution in [0.15, 0.2) is 93.4 Å². The number of hydrogen-bond acceptors (Lipinski definition) is 2. The van der Waals surface area contributed by atoms with E-state index in [-0.39, 0.29) is 0 Å². The molecular weight excluding hydrogens is 560 g/mol. The molecule has 0 radical (unpaired) electrons. The Balaban J connectivity index is 1.40. The van der Waals surface area contributed by atoms with Gasteiger partial charge in [-0.15, -0.1) is 0 Å². The highest BCUT2D eigenvalue weighted by Gasteiger charge is 2.32. The molecule has 0 bridgehead atoms. The van der Waals surface area contributed by atoms with Crippen LogP contribution in [0, 0.1) is 0 Å². The van der Waals surface area contributed by atoms with Crippen LogP contribution in [0.5, 0.6) is 0 Å². The van der Waals surface area contributed by atoms with Gasteiger partial charge in [-0.3, -0.25) is 9.97 Å². The molecule has 0 saturated carbocycles. The Labute approximate surface area is 223 Å². The maximum Gasteiger partial charge on any atom is 0.0273 e. The van der Waals surface area contributed by atoms with Gasteiger partial charge in [0.2, 0.25) is 0 Å². The third-order valence-electron chi connectivity index (χ3n) is 7.42. The molecular formula is C31H24Br2N2. The zero-order chi connectivity index (χ0) is 24.1. The van der Waals surface area contributed by atoms with E-state index in [0.717, 1.165) is 15.4 Å². The van der Waals surface area contributed by atoms with Crippen molar-refractivity contribution in [3.63, 3.8) is 0 Å². The van der Waals surface area contributed by atoms with Gasteiger partial charge in [-0.1, -0.05) is 55.2 Å². The first-order chi connectivity index (χ1) is 17.0. The summed E-state index contributed by atoms with van der Waals surface area (Å²) in [5.41, 5.74) is 13.2. The number of benzene rings is 2. The summed E-state index contributed by atoms with van der Waals surface area (Å²) in [7, 11) is 0. The van der Waals surface area contributed by atoms with Crippen LogP contribution in [0.2, 0.25) is 0 Å². The second-order valence-corrected chi connectivity index (χ2v) is 11.2.